The smallest absolute Gasteiger partial charge is 0.222 e. The van der Waals surface area contributed by atoms with Gasteiger partial charge in [-0.25, -0.2) is 0 Å². The number of nitrogens with two attached hydrogens (primary N) is 1. The fraction of sp³-hybridized carbons (Fsp3) is 0.400. The highest BCUT2D eigenvalue weighted by atomic mass is 79.9. The second kappa shape index (κ2) is 5.60. The van der Waals surface area contributed by atoms with E-state index in [0.717, 1.165) is 33.5 Å². The van der Waals surface area contributed by atoms with Crippen molar-refractivity contribution in [3.8, 4) is 22.8 Å². The molecule has 2 aromatic rings. The summed E-state index contributed by atoms with van der Waals surface area (Å²) in [5, 5.41) is 4.03. The van der Waals surface area contributed by atoms with Crippen LogP contribution in [0.3, 0.4) is 0 Å². The van der Waals surface area contributed by atoms with E-state index in [-0.39, 0.29) is 5.92 Å². The topological polar surface area (TPSA) is 70.5 Å². The Kier molecular flexibility index (Phi) is 3.80. The van der Waals surface area contributed by atoms with Gasteiger partial charge < -0.3 is 19.7 Å². The molecule has 1 aromatic heterocycles. The van der Waals surface area contributed by atoms with Gasteiger partial charge >= 0.3 is 0 Å². The molecular formula is C15H17BrN2O3. The van der Waals surface area contributed by atoms with Gasteiger partial charge in [0.05, 0.1) is 17.7 Å². The van der Waals surface area contributed by atoms with Gasteiger partial charge in [-0.2, -0.15) is 0 Å². The van der Waals surface area contributed by atoms with E-state index >= 15 is 0 Å². The van der Waals surface area contributed by atoms with Gasteiger partial charge in [0.25, 0.3) is 0 Å². The van der Waals surface area contributed by atoms with Crippen LogP contribution in [-0.4, -0.2) is 18.4 Å². The number of rotatable bonds is 2. The summed E-state index contributed by atoms with van der Waals surface area (Å²) in [5.41, 5.74) is 8.35. The lowest BCUT2D eigenvalue weighted by molar-refractivity contribution is 0.295. The van der Waals surface area contributed by atoms with Crippen molar-refractivity contribution in [3.05, 3.63) is 22.2 Å². The fourth-order valence-electron chi connectivity index (χ4n) is 2.51. The van der Waals surface area contributed by atoms with E-state index in [2.05, 4.69) is 34.9 Å². The predicted octanol–water partition coefficient (Wildman–Crippen LogP) is 3.97. The number of anilines is 1. The molecule has 0 unspecified atom stereocenters. The van der Waals surface area contributed by atoms with Crippen molar-refractivity contribution in [1.82, 2.24) is 5.16 Å². The minimum atomic E-state index is 0.251. The van der Waals surface area contributed by atoms with E-state index in [1.54, 1.807) is 6.07 Å². The molecule has 21 heavy (non-hydrogen) atoms. The Labute approximate surface area is 131 Å². The van der Waals surface area contributed by atoms with Crippen molar-refractivity contribution in [3.63, 3.8) is 0 Å². The van der Waals surface area contributed by atoms with E-state index in [9.17, 15) is 0 Å². The molecule has 6 heteroatoms. The standard InChI is InChI=1S/C15H17BrN2O3/c1-8(2)13-9(11-7-12(17)21-18-11)6-10(16)14-15(13)20-5-3-4-19-14/h6-8H,3-5,17H2,1-2H3. The molecule has 0 bridgehead atoms. The average molecular weight is 353 g/mol. The van der Waals surface area contributed by atoms with Crippen LogP contribution in [0.1, 0.15) is 31.7 Å². The minimum absolute atomic E-state index is 0.251. The SMILES string of the molecule is CC(C)c1c(-c2cc(N)on2)cc(Br)c2c1OCCCO2. The van der Waals surface area contributed by atoms with Crippen molar-refractivity contribution in [2.75, 3.05) is 18.9 Å². The van der Waals surface area contributed by atoms with Crippen LogP contribution in [0.4, 0.5) is 5.88 Å². The molecule has 0 atom stereocenters. The van der Waals surface area contributed by atoms with Crippen molar-refractivity contribution < 1.29 is 14.0 Å². The average Bonchev–Trinajstić information content (AvgIpc) is 2.72. The molecule has 2 heterocycles. The summed E-state index contributed by atoms with van der Waals surface area (Å²) in [6.45, 7) is 5.53. The Morgan fingerprint density at radius 1 is 1.19 bits per heavy atom. The summed E-state index contributed by atoms with van der Waals surface area (Å²) in [6, 6.07) is 3.71. The largest absolute Gasteiger partial charge is 0.489 e. The van der Waals surface area contributed by atoms with Crippen LogP contribution in [0.15, 0.2) is 21.1 Å². The van der Waals surface area contributed by atoms with Gasteiger partial charge in [0.1, 0.15) is 5.69 Å². The number of halogens is 1. The summed E-state index contributed by atoms with van der Waals surface area (Å²) in [6.07, 6.45) is 0.866. The summed E-state index contributed by atoms with van der Waals surface area (Å²) in [4.78, 5) is 0. The Morgan fingerprint density at radius 2 is 1.90 bits per heavy atom. The number of hydrogen-bond donors (Lipinski definition) is 1. The first-order valence-electron chi connectivity index (χ1n) is 6.92. The van der Waals surface area contributed by atoms with E-state index in [1.807, 2.05) is 6.07 Å². The van der Waals surface area contributed by atoms with Crippen molar-refractivity contribution >= 4 is 21.8 Å². The van der Waals surface area contributed by atoms with Crippen LogP contribution < -0.4 is 15.2 Å². The first-order valence-corrected chi connectivity index (χ1v) is 7.71. The van der Waals surface area contributed by atoms with Crippen LogP contribution in [0.5, 0.6) is 11.5 Å². The molecule has 0 radical (unpaired) electrons. The first kappa shape index (κ1) is 14.3. The van der Waals surface area contributed by atoms with Crippen LogP contribution in [-0.2, 0) is 0 Å². The molecular weight excluding hydrogens is 336 g/mol. The number of hydrogen-bond acceptors (Lipinski definition) is 5. The summed E-state index contributed by atoms with van der Waals surface area (Å²) in [5.74, 6) is 2.09. The second-order valence-corrected chi connectivity index (χ2v) is 6.15. The number of nitrogen functional groups attached to an aromatic ring is 1. The quantitative estimate of drug-likeness (QED) is 0.885. The maximum Gasteiger partial charge on any atom is 0.222 e. The number of fused-ring (bicyclic) bond motifs is 1. The zero-order chi connectivity index (χ0) is 15.0. The Balaban J connectivity index is 2.25. The second-order valence-electron chi connectivity index (χ2n) is 5.30. The van der Waals surface area contributed by atoms with Gasteiger partial charge in [0.15, 0.2) is 11.5 Å². The van der Waals surface area contributed by atoms with Crippen LogP contribution >= 0.6 is 15.9 Å². The maximum absolute atomic E-state index is 5.95. The van der Waals surface area contributed by atoms with Crippen molar-refractivity contribution in [2.45, 2.75) is 26.2 Å². The molecule has 2 N–H and O–H groups in total. The summed E-state index contributed by atoms with van der Waals surface area (Å²) in [7, 11) is 0. The molecule has 0 amide bonds. The molecule has 112 valence electrons. The molecule has 1 aliphatic rings. The van der Waals surface area contributed by atoms with Crippen LogP contribution in [0, 0.1) is 0 Å². The number of ether oxygens (including phenoxy) is 2. The molecule has 0 fully saturated rings. The lowest BCUT2D eigenvalue weighted by Gasteiger charge is -2.19. The van der Waals surface area contributed by atoms with E-state index in [0.29, 0.717) is 24.8 Å². The molecule has 0 saturated heterocycles. The third-order valence-electron chi connectivity index (χ3n) is 3.39. The Morgan fingerprint density at radius 3 is 2.52 bits per heavy atom. The summed E-state index contributed by atoms with van der Waals surface area (Å²) < 4.78 is 17.6. The highest BCUT2D eigenvalue weighted by Crippen LogP contribution is 2.47. The Hall–Kier alpha value is -1.69. The van der Waals surface area contributed by atoms with Crippen LogP contribution in [0.2, 0.25) is 0 Å². The molecule has 0 aliphatic carbocycles. The van der Waals surface area contributed by atoms with Crippen molar-refractivity contribution in [2.24, 2.45) is 0 Å². The first-order chi connectivity index (χ1) is 10.1. The van der Waals surface area contributed by atoms with Crippen LogP contribution in [0.25, 0.3) is 11.3 Å². The van der Waals surface area contributed by atoms with Gasteiger partial charge in [-0.1, -0.05) is 19.0 Å². The minimum Gasteiger partial charge on any atom is -0.489 e. The maximum atomic E-state index is 5.95. The predicted molar refractivity (Wildman–Crippen MR) is 83.7 cm³/mol. The number of benzene rings is 1. The Bertz CT molecular complexity index is 667. The third-order valence-corrected chi connectivity index (χ3v) is 3.98. The molecule has 5 nitrogen and oxygen atoms in total. The lowest BCUT2D eigenvalue weighted by Crippen LogP contribution is -2.02. The van der Waals surface area contributed by atoms with Gasteiger partial charge in [-0.15, -0.1) is 0 Å². The zero-order valence-electron chi connectivity index (χ0n) is 12.0. The zero-order valence-corrected chi connectivity index (χ0v) is 13.6. The third kappa shape index (κ3) is 2.60. The molecule has 0 spiro atoms. The number of nitrogens with zero attached hydrogens (tertiary/aromatic N) is 1. The normalized spacial score (nSPS) is 14.3. The molecule has 0 saturated carbocycles. The van der Waals surface area contributed by atoms with E-state index in [4.69, 9.17) is 19.7 Å². The lowest BCUT2D eigenvalue weighted by atomic mass is 9.93. The van der Waals surface area contributed by atoms with Gasteiger partial charge in [-0.3, -0.25) is 0 Å². The highest BCUT2D eigenvalue weighted by molar-refractivity contribution is 9.10. The van der Waals surface area contributed by atoms with Gasteiger partial charge in [0.2, 0.25) is 5.88 Å². The highest BCUT2D eigenvalue weighted by Gasteiger charge is 2.25. The summed E-state index contributed by atoms with van der Waals surface area (Å²) >= 11 is 3.56. The van der Waals surface area contributed by atoms with Gasteiger partial charge in [-0.05, 0) is 27.9 Å². The van der Waals surface area contributed by atoms with E-state index < -0.39 is 0 Å². The van der Waals surface area contributed by atoms with Crippen molar-refractivity contribution in [1.29, 1.82) is 0 Å². The molecule has 3 rings (SSSR count). The number of aromatic nitrogens is 1. The fourth-order valence-corrected chi connectivity index (χ4v) is 3.03. The monoisotopic (exact) mass is 352 g/mol. The molecule has 1 aromatic carbocycles. The molecule has 1 aliphatic heterocycles. The van der Waals surface area contributed by atoms with E-state index in [1.165, 1.54) is 0 Å². The van der Waals surface area contributed by atoms with Gasteiger partial charge in [0, 0.05) is 23.6 Å².